The Hall–Kier alpha value is -3.08. The van der Waals surface area contributed by atoms with E-state index in [-0.39, 0.29) is 5.91 Å². The number of nitrogens with zero attached hydrogens (tertiary/aromatic N) is 1. The molecule has 0 unspecified atom stereocenters. The number of anilines is 1. The van der Waals surface area contributed by atoms with E-state index >= 15 is 0 Å². The molecule has 0 aliphatic carbocycles. The number of carbonyl (C=O) groups is 2. The summed E-state index contributed by atoms with van der Waals surface area (Å²) in [7, 11) is 3.36. The summed E-state index contributed by atoms with van der Waals surface area (Å²) in [6.07, 6.45) is 0. The number of amides is 1. The summed E-state index contributed by atoms with van der Waals surface area (Å²) in [6.45, 7) is 4.13. The standard InChI is InChI=1S/C20H20N2O3/c1-12-13(2)22(3)18-10-7-15(11-17(12)18)19(23)21-16-8-5-14(6-9-16)20(24)25-4/h5-11H,1-4H3,(H,21,23). The van der Waals surface area contributed by atoms with Gasteiger partial charge < -0.3 is 14.6 Å². The van der Waals surface area contributed by atoms with Crippen molar-refractivity contribution in [3.63, 3.8) is 0 Å². The zero-order valence-corrected chi connectivity index (χ0v) is 14.7. The summed E-state index contributed by atoms with van der Waals surface area (Å²) in [6, 6.07) is 12.3. The van der Waals surface area contributed by atoms with Crippen LogP contribution in [0.15, 0.2) is 42.5 Å². The molecule has 3 rings (SSSR count). The van der Waals surface area contributed by atoms with Crippen molar-refractivity contribution < 1.29 is 14.3 Å². The number of hydrogen-bond donors (Lipinski definition) is 1. The SMILES string of the molecule is COC(=O)c1ccc(NC(=O)c2ccc3c(c2)c(C)c(C)n3C)cc1. The normalized spacial score (nSPS) is 10.7. The molecule has 0 spiro atoms. The lowest BCUT2D eigenvalue weighted by molar-refractivity contribution is 0.0600. The molecule has 0 atom stereocenters. The molecule has 2 aromatic carbocycles. The van der Waals surface area contributed by atoms with E-state index in [2.05, 4.69) is 28.5 Å². The smallest absolute Gasteiger partial charge is 0.337 e. The third-order valence-corrected chi connectivity index (χ3v) is 4.63. The van der Waals surface area contributed by atoms with Crippen molar-refractivity contribution in [1.29, 1.82) is 0 Å². The van der Waals surface area contributed by atoms with Gasteiger partial charge in [0, 0.05) is 34.9 Å². The Balaban J connectivity index is 1.85. The van der Waals surface area contributed by atoms with E-state index in [1.807, 2.05) is 25.2 Å². The van der Waals surface area contributed by atoms with Crippen LogP contribution in [0.4, 0.5) is 5.69 Å². The molecular formula is C20H20N2O3. The molecular weight excluding hydrogens is 316 g/mol. The minimum absolute atomic E-state index is 0.186. The van der Waals surface area contributed by atoms with Crippen LogP contribution in [0.1, 0.15) is 32.0 Å². The number of benzene rings is 2. The van der Waals surface area contributed by atoms with Crippen molar-refractivity contribution in [1.82, 2.24) is 4.57 Å². The molecule has 1 amide bonds. The maximum absolute atomic E-state index is 12.5. The maximum atomic E-state index is 12.5. The molecule has 0 aliphatic rings. The first-order valence-corrected chi connectivity index (χ1v) is 7.97. The third-order valence-electron chi connectivity index (χ3n) is 4.63. The van der Waals surface area contributed by atoms with Gasteiger partial charge in [0.25, 0.3) is 5.91 Å². The summed E-state index contributed by atoms with van der Waals surface area (Å²) in [5.74, 6) is -0.591. The van der Waals surface area contributed by atoms with E-state index in [1.165, 1.54) is 18.4 Å². The number of esters is 1. The number of nitrogens with one attached hydrogen (secondary N) is 1. The van der Waals surface area contributed by atoms with E-state index in [9.17, 15) is 9.59 Å². The van der Waals surface area contributed by atoms with Crippen molar-refractivity contribution in [2.24, 2.45) is 7.05 Å². The number of rotatable bonds is 3. The molecule has 0 saturated heterocycles. The lowest BCUT2D eigenvalue weighted by Crippen LogP contribution is -2.12. The molecule has 0 aliphatic heterocycles. The monoisotopic (exact) mass is 336 g/mol. The van der Waals surface area contributed by atoms with Gasteiger partial charge in [-0.3, -0.25) is 4.79 Å². The summed E-state index contributed by atoms with van der Waals surface area (Å²) < 4.78 is 6.78. The third kappa shape index (κ3) is 3.01. The van der Waals surface area contributed by atoms with Crippen molar-refractivity contribution in [2.75, 3.05) is 12.4 Å². The van der Waals surface area contributed by atoms with Crippen LogP contribution in [-0.2, 0) is 11.8 Å². The molecule has 25 heavy (non-hydrogen) atoms. The molecule has 0 fully saturated rings. The van der Waals surface area contributed by atoms with Crippen molar-refractivity contribution in [2.45, 2.75) is 13.8 Å². The van der Waals surface area contributed by atoms with Crippen LogP contribution >= 0.6 is 0 Å². The second kappa shape index (κ2) is 6.43. The summed E-state index contributed by atoms with van der Waals surface area (Å²) >= 11 is 0. The first-order chi connectivity index (χ1) is 11.9. The quantitative estimate of drug-likeness (QED) is 0.739. The molecule has 0 radical (unpaired) electrons. The molecule has 5 nitrogen and oxygen atoms in total. The van der Waals surface area contributed by atoms with Gasteiger partial charge in [-0.1, -0.05) is 0 Å². The second-order valence-electron chi connectivity index (χ2n) is 6.02. The van der Waals surface area contributed by atoms with Gasteiger partial charge in [-0.25, -0.2) is 4.79 Å². The molecule has 1 heterocycles. The average molecular weight is 336 g/mol. The zero-order valence-electron chi connectivity index (χ0n) is 14.7. The lowest BCUT2D eigenvalue weighted by Gasteiger charge is -2.07. The fourth-order valence-electron chi connectivity index (χ4n) is 2.91. The number of ether oxygens (including phenoxy) is 1. The van der Waals surface area contributed by atoms with Crippen LogP contribution < -0.4 is 5.32 Å². The first kappa shape index (κ1) is 16.8. The van der Waals surface area contributed by atoms with Crippen LogP contribution in [0.2, 0.25) is 0 Å². The van der Waals surface area contributed by atoms with E-state index < -0.39 is 5.97 Å². The molecule has 1 aromatic heterocycles. The zero-order chi connectivity index (χ0) is 18.1. The van der Waals surface area contributed by atoms with Gasteiger partial charge >= 0.3 is 5.97 Å². The Bertz CT molecular complexity index is 969. The minimum atomic E-state index is -0.404. The number of carbonyl (C=O) groups excluding carboxylic acids is 2. The Morgan fingerprint density at radius 2 is 1.64 bits per heavy atom. The molecule has 3 aromatic rings. The highest BCUT2D eigenvalue weighted by molar-refractivity contribution is 6.06. The topological polar surface area (TPSA) is 60.3 Å². The largest absolute Gasteiger partial charge is 0.465 e. The van der Waals surface area contributed by atoms with Gasteiger partial charge in [0.1, 0.15) is 0 Å². The predicted molar refractivity (Wildman–Crippen MR) is 98.1 cm³/mol. The second-order valence-corrected chi connectivity index (χ2v) is 6.02. The average Bonchev–Trinajstić information content (AvgIpc) is 2.85. The number of methoxy groups -OCH3 is 1. The summed E-state index contributed by atoms with van der Waals surface area (Å²) in [5.41, 5.74) is 5.13. The van der Waals surface area contributed by atoms with Crippen LogP contribution in [-0.4, -0.2) is 23.6 Å². The molecule has 0 saturated carbocycles. The fourth-order valence-corrected chi connectivity index (χ4v) is 2.91. The van der Waals surface area contributed by atoms with Gasteiger partial charge in [0.15, 0.2) is 0 Å². The van der Waals surface area contributed by atoms with E-state index in [4.69, 9.17) is 0 Å². The van der Waals surface area contributed by atoms with Gasteiger partial charge in [0.2, 0.25) is 0 Å². The lowest BCUT2D eigenvalue weighted by atomic mass is 10.1. The maximum Gasteiger partial charge on any atom is 0.337 e. The van der Waals surface area contributed by atoms with Gasteiger partial charge in [-0.05, 0) is 61.9 Å². The van der Waals surface area contributed by atoms with Crippen molar-refractivity contribution in [3.05, 3.63) is 64.8 Å². The number of aryl methyl sites for hydroxylation is 2. The predicted octanol–water partition coefficient (Wildman–Crippen LogP) is 3.83. The molecule has 1 N–H and O–H groups in total. The molecule has 128 valence electrons. The van der Waals surface area contributed by atoms with E-state index in [1.54, 1.807) is 24.3 Å². The Morgan fingerprint density at radius 3 is 2.28 bits per heavy atom. The van der Waals surface area contributed by atoms with E-state index in [0.717, 1.165) is 10.9 Å². The number of aromatic nitrogens is 1. The molecule has 5 heteroatoms. The van der Waals surface area contributed by atoms with Gasteiger partial charge in [0.05, 0.1) is 12.7 Å². The van der Waals surface area contributed by atoms with Gasteiger partial charge in [-0.15, -0.1) is 0 Å². The van der Waals surface area contributed by atoms with Crippen LogP contribution in [0, 0.1) is 13.8 Å². The highest BCUT2D eigenvalue weighted by Gasteiger charge is 2.13. The Kier molecular flexibility index (Phi) is 4.31. The highest BCUT2D eigenvalue weighted by Crippen LogP contribution is 2.25. The van der Waals surface area contributed by atoms with Gasteiger partial charge in [-0.2, -0.15) is 0 Å². The summed E-state index contributed by atoms with van der Waals surface area (Å²) in [5, 5.41) is 3.93. The van der Waals surface area contributed by atoms with E-state index in [0.29, 0.717) is 16.8 Å². The van der Waals surface area contributed by atoms with Crippen LogP contribution in [0.25, 0.3) is 10.9 Å². The summed E-state index contributed by atoms with van der Waals surface area (Å²) in [4.78, 5) is 24.0. The number of fused-ring (bicyclic) bond motifs is 1. The highest BCUT2D eigenvalue weighted by atomic mass is 16.5. The minimum Gasteiger partial charge on any atom is -0.465 e. The number of hydrogen-bond acceptors (Lipinski definition) is 3. The fraction of sp³-hybridized carbons (Fsp3) is 0.200. The Labute approximate surface area is 146 Å². The van der Waals surface area contributed by atoms with Crippen molar-refractivity contribution >= 4 is 28.5 Å². The van der Waals surface area contributed by atoms with Crippen molar-refractivity contribution in [3.8, 4) is 0 Å². The molecule has 0 bridgehead atoms. The van der Waals surface area contributed by atoms with Crippen LogP contribution in [0.5, 0.6) is 0 Å². The van der Waals surface area contributed by atoms with Crippen LogP contribution in [0.3, 0.4) is 0 Å². The Morgan fingerprint density at radius 1 is 1.00 bits per heavy atom. The first-order valence-electron chi connectivity index (χ1n) is 7.97.